The smallest absolute Gasteiger partial charge is 0.261 e. The summed E-state index contributed by atoms with van der Waals surface area (Å²) in [7, 11) is 1.63. The summed E-state index contributed by atoms with van der Waals surface area (Å²) >= 11 is 0. The molecule has 0 aliphatic heterocycles. The summed E-state index contributed by atoms with van der Waals surface area (Å²) in [6.07, 6.45) is 0.141. The highest BCUT2D eigenvalue weighted by Crippen LogP contribution is 2.07. The number of rotatable bonds is 4. The second kappa shape index (κ2) is 6.62. The summed E-state index contributed by atoms with van der Waals surface area (Å²) in [5.41, 5.74) is 1.17. The number of hydrogen-bond acceptors (Lipinski definition) is 3. The number of carbonyl (C=O) groups is 1. The molecule has 0 aliphatic carbocycles. The molecule has 0 radical (unpaired) electrons. The Morgan fingerprint density at radius 2 is 1.88 bits per heavy atom. The van der Waals surface area contributed by atoms with E-state index in [0.29, 0.717) is 22.3 Å². The molecule has 6 heteroatoms. The van der Waals surface area contributed by atoms with Gasteiger partial charge in [0.15, 0.2) is 0 Å². The van der Waals surface area contributed by atoms with Crippen molar-refractivity contribution >= 4 is 16.8 Å². The SMILES string of the molecule is Cn1c(CNC(=O)Cc2ccc(F)cc2)nc2ccccc2c1=O. The first-order valence-corrected chi connectivity index (χ1v) is 7.50. The zero-order valence-corrected chi connectivity index (χ0v) is 13.1. The van der Waals surface area contributed by atoms with Crippen LogP contribution in [-0.4, -0.2) is 15.5 Å². The average Bonchev–Trinajstić information content (AvgIpc) is 2.59. The fourth-order valence-corrected chi connectivity index (χ4v) is 2.45. The Balaban J connectivity index is 1.73. The van der Waals surface area contributed by atoms with Gasteiger partial charge in [0.05, 0.1) is 23.9 Å². The lowest BCUT2D eigenvalue weighted by atomic mass is 10.1. The minimum absolute atomic E-state index is 0.141. The number of nitrogens with zero attached hydrogens (tertiary/aromatic N) is 2. The Kier molecular flexibility index (Phi) is 4.37. The second-order valence-corrected chi connectivity index (χ2v) is 5.49. The highest BCUT2D eigenvalue weighted by atomic mass is 19.1. The maximum atomic E-state index is 12.9. The molecular weight excluding hydrogens is 309 g/mol. The van der Waals surface area contributed by atoms with E-state index in [4.69, 9.17) is 0 Å². The minimum atomic E-state index is -0.338. The predicted molar refractivity (Wildman–Crippen MR) is 88.9 cm³/mol. The molecule has 5 nitrogen and oxygen atoms in total. The molecule has 122 valence electrons. The Labute approximate surface area is 137 Å². The monoisotopic (exact) mass is 325 g/mol. The number of aromatic nitrogens is 2. The predicted octanol–water partition coefficient (Wildman–Crippen LogP) is 1.93. The van der Waals surface area contributed by atoms with Crippen LogP contribution in [0.3, 0.4) is 0 Å². The molecular formula is C18H16FN3O2. The summed E-state index contributed by atoms with van der Waals surface area (Å²) in [5, 5.41) is 3.28. The number of hydrogen-bond donors (Lipinski definition) is 1. The van der Waals surface area contributed by atoms with Crippen LogP contribution in [0, 0.1) is 5.82 Å². The van der Waals surface area contributed by atoms with Gasteiger partial charge in [-0.3, -0.25) is 14.2 Å². The average molecular weight is 325 g/mol. The largest absolute Gasteiger partial charge is 0.349 e. The molecule has 0 saturated carbocycles. The van der Waals surface area contributed by atoms with E-state index < -0.39 is 0 Å². The standard InChI is InChI=1S/C18H16FN3O2/c1-22-16(21-15-5-3-2-4-14(15)18(22)24)11-20-17(23)10-12-6-8-13(19)9-7-12/h2-9H,10-11H2,1H3,(H,20,23). The maximum Gasteiger partial charge on any atom is 0.261 e. The summed E-state index contributed by atoms with van der Waals surface area (Å²) in [6.45, 7) is 0.149. The van der Waals surface area contributed by atoms with E-state index >= 15 is 0 Å². The first-order valence-electron chi connectivity index (χ1n) is 7.50. The van der Waals surface area contributed by atoms with Gasteiger partial charge in [0.25, 0.3) is 5.56 Å². The van der Waals surface area contributed by atoms with Crippen LogP contribution in [0.5, 0.6) is 0 Å². The van der Waals surface area contributed by atoms with Gasteiger partial charge in [-0.1, -0.05) is 24.3 Å². The van der Waals surface area contributed by atoms with Gasteiger partial charge in [0.2, 0.25) is 5.91 Å². The van der Waals surface area contributed by atoms with E-state index in [0.717, 1.165) is 0 Å². The fraction of sp³-hybridized carbons (Fsp3) is 0.167. The lowest BCUT2D eigenvalue weighted by molar-refractivity contribution is -0.120. The van der Waals surface area contributed by atoms with Crippen LogP contribution < -0.4 is 10.9 Å². The van der Waals surface area contributed by atoms with Crippen molar-refractivity contribution in [3.8, 4) is 0 Å². The van der Waals surface area contributed by atoms with Crippen LogP contribution in [0.1, 0.15) is 11.4 Å². The summed E-state index contributed by atoms with van der Waals surface area (Å²) in [6, 6.07) is 12.9. The van der Waals surface area contributed by atoms with Crippen LogP contribution in [0.15, 0.2) is 53.3 Å². The minimum Gasteiger partial charge on any atom is -0.349 e. The Hall–Kier alpha value is -3.02. The van der Waals surface area contributed by atoms with E-state index in [1.54, 1.807) is 37.4 Å². The van der Waals surface area contributed by atoms with E-state index in [9.17, 15) is 14.0 Å². The van der Waals surface area contributed by atoms with Crippen molar-refractivity contribution in [2.24, 2.45) is 7.05 Å². The molecule has 0 aliphatic rings. The van der Waals surface area contributed by atoms with Crippen molar-refractivity contribution in [3.05, 3.63) is 76.1 Å². The number of amides is 1. The van der Waals surface area contributed by atoms with Crippen LogP contribution in [0.4, 0.5) is 4.39 Å². The van der Waals surface area contributed by atoms with Gasteiger partial charge in [-0.25, -0.2) is 9.37 Å². The number of nitrogens with one attached hydrogen (secondary N) is 1. The highest BCUT2D eigenvalue weighted by Gasteiger charge is 2.09. The molecule has 0 bridgehead atoms. The van der Waals surface area contributed by atoms with Gasteiger partial charge in [-0.2, -0.15) is 0 Å². The van der Waals surface area contributed by atoms with E-state index in [-0.39, 0.29) is 30.2 Å². The Morgan fingerprint density at radius 1 is 1.17 bits per heavy atom. The van der Waals surface area contributed by atoms with Crippen LogP contribution in [-0.2, 0) is 24.8 Å². The first kappa shape index (κ1) is 15.9. The summed E-state index contributed by atoms with van der Waals surface area (Å²) in [5.74, 6) is -0.0790. The van der Waals surface area contributed by atoms with Gasteiger partial charge >= 0.3 is 0 Å². The van der Waals surface area contributed by atoms with Crippen molar-refractivity contribution in [2.45, 2.75) is 13.0 Å². The van der Waals surface area contributed by atoms with Gasteiger partial charge in [-0.05, 0) is 29.8 Å². The van der Waals surface area contributed by atoms with Crippen LogP contribution >= 0.6 is 0 Å². The fourth-order valence-electron chi connectivity index (χ4n) is 2.45. The number of halogens is 1. The quantitative estimate of drug-likeness (QED) is 0.797. The zero-order chi connectivity index (χ0) is 17.1. The van der Waals surface area contributed by atoms with Gasteiger partial charge in [0, 0.05) is 7.05 Å². The molecule has 1 heterocycles. The number of para-hydroxylation sites is 1. The van der Waals surface area contributed by atoms with E-state index in [1.807, 2.05) is 6.07 Å². The molecule has 3 rings (SSSR count). The van der Waals surface area contributed by atoms with Crippen LogP contribution in [0.25, 0.3) is 10.9 Å². The van der Waals surface area contributed by atoms with Crippen molar-refractivity contribution in [1.82, 2.24) is 14.9 Å². The molecule has 1 N–H and O–H groups in total. The molecule has 0 spiro atoms. The number of carbonyl (C=O) groups excluding carboxylic acids is 1. The summed E-state index contributed by atoms with van der Waals surface area (Å²) in [4.78, 5) is 28.7. The normalized spacial score (nSPS) is 10.8. The van der Waals surface area contributed by atoms with Crippen molar-refractivity contribution in [2.75, 3.05) is 0 Å². The first-order chi connectivity index (χ1) is 11.5. The zero-order valence-electron chi connectivity index (χ0n) is 13.1. The van der Waals surface area contributed by atoms with Gasteiger partial charge < -0.3 is 5.32 Å². The molecule has 2 aromatic carbocycles. The van der Waals surface area contributed by atoms with Crippen molar-refractivity contribution in [1.29, 1.82) is 0 Å². The number of benzene rings is 2. The van der Waals surface area contributed by atoms with Gasteiger partial charge in [-0.15, -0.1) is 0 Å². The lowest BCUT2D eigenvalue weighted by Crippen LogP contribution is -2.30. The molecule has 24 heavy (non-hydrogen) atoms. The summed E-state index contributed by atoms with van der Waals surface area (Å²) < 4.78 is 14.3. The third-order valence-electron chi connectivity index (χ3n) is 3.80. The Morgan fingerprint density at radius 3 is 2.62 bits per heavy atom. The highest BCUT2D eigenvalue weighted by molar-refractivity contribution is 5.79. The van der Waals surface area contributed by atoms with Crippen molar-refractivity contribution in [3.63, 3.8) is 0 Å². The van der Waals surface area contributed by atoms with Gasteiger partial charge in [0.1, 0.15) is 11.6 Å². The third kappa shape index (κ3) is 3.32. The molecule has 3 aromatic rings. The van der Waals surface area contributed by atoms with E-state index in [2.05, 4.69) is 10.3 Å². The second-order valence-electron chi connectivity index (χ2n) is 5.49. The molecule has 1 aromatic heterocycles. The van der Waals surface area contributed by atoms with E-state index in [1.165, 1.54) is 16.7 Å². The molecule has 1 amide bonds. The topological polar surface area (TPSA) is 64.0 Å². The molecule has 0 saturated heterocycles. The maximum absolute atomic E-state index is 12.9. The molecule has 0 unspecified atom stereocenters. The Bertz CT molecular complexity index is 949. The number of fused-ring (bicyclic) bond motifs is 1. The third-order valence-corrected chi connectivity index (χ3v) is 3.80. The van der Waals surface area contributed by atoms with Crippen molar-refractivity contribution < 1.29 is 9.18 Å². The lowest BCUT2D eigenvalue weighted by Gasteiger charge is -2.10. The molecule has 0 fully saturated rings. The van der Waals surface area contributed by atoms with Crippen LogP contribution in [0.2, 0.25) is 0 Å². The molecule has 0 atom stereocenters.